The summed E-state index contributed by atoms with van der Waals surface area (Å²) in [5, 5.41) is 8.67. The van der Waals surface area contributed by atoms with Crippen LogP contribution in [0.3, 0.4) is 0 Å². The third-order valence-corrected chi connectivity index (χ3v) is 7.56. The normalized spacial score (nSPS) is 25.3. The summed E-state index contributed by atoms with van der Waals surface area (Å²) < 4.78 is 0. The van der Waals surface area contributed by atoms with E-state index in [1.165, 1.54) is 45.2 Å². The molecule has 32 heavy (non-hydrogen) atoms. The molecular formula is C27H55N3W2-2. The molecule has 3 aliphatic rings. The summed E-state index contributed by atoms with van der Waals surface area (Å²) in [7, 11) is 2.23. The fraction of sp³-hybridized carbons (Fsp3) is 1.00. The molecule has 2 unspecified atom stereocenters. The number of nitrogens with zero attached hydrogens (tertiary/aromatic N) is 3. The zero-order valence-corrected chi connectivity index (χ0v) is 29.0. The Kier molecular flexibility index (Phi) is 17.8. The van der Waals surface area contributed by atoms with E-state index in [0.29, 0.717) is 16.2 Å². The van der Waals surface area contributed by atoms with Gasteiger partial charge < -0.3 is 15.5 Å². The van der Waals surface area contributed by atoms with E-state index in [2.05, 4.69) is 84.9 Å². The second kappa shape index (κ2) is 16.1. The summed E-state index contributed by atoms with van der Waals surface area (Å²) in [6.45, 7) is 28.0. The van der Waals surface area contributed by atoms with Crippen molar-refractivity contribution in [1.82, 2.24) is 4.90 Å². The van der Waals surface area contributed by atoms with E-state index in [-0.39, 0.29) is 42.1 Å². The van der Waals surface area contributed by atoms with Crippen molar-refractivity contribution in [2.75, 3.05) is 46.3 Å². The van der Waals surface area contributed by atoms with Crippen LogP contribution >= 0.6 is 0 Å². The Balaban J connectivity index is 0. The van der Waals surface area contributed by atoms with Crippen LogP contribution in [-0.4, -0.2) is 51.2 Å². The fourth-order valence-corrected chi connectivity index (χ4v) is 4.78. The molecule has 0 spiro atoms. The van der Waals surface area contributed by atoms with Gasteiger partial charge in [0.05, 0.1) is 0 Å². The molecule has 3 rings (SSSR count). The van der Waals surface area contributed by atoms with Gasteiger partial charge in [0.1, 0.15) is 0 Å². The minimum absolute atomic E-state index is 0. The molecule has 0 aromatic heterocycles. The molecule has 3 nitrogen and oxygen atoms in total. The molecule has 0 aromatic carbocycles. The average molecular weight is 789 g/mol. The summed E-state index contributed by atoms with van der Waals surface area (Å²) in [5.74, 6) is 2.66. The Labute approximate surface area is 231 Å². The van der Waals surface area contributed by atoms with Crippen LogP contribution in [0.25, 0.3) is 10.6 Å². The molecule has 192 valence electrons. The van der Waals surface area contributed by atoms with Crippen LogP contribution in [0.15, 0.2) is 0 Å². The third kappa shape index (κ3) is 14.6. The second-order valence-corrected chi connectivity index (χ2v) is 13.3. The van der Waals surface area contributed by atoms with Gasteiger partial charge in [-0.1, -0.05) is 87.5 Å². The minimum atomic E-state index is 0. The number of hydrogen-bond donors (Lipinski definition) is 0. The van der Waals surface area contributed by atoms with E-state index in [4.69, 9.17) is 0 Å². The molecule has 0 amide bonds. The fourth-order valence-electron chi connectivity index (χ4n) is 4.78. The van der Waals surface area contributed by atoms with Gasteiger partial charge in [-0.05, 0) is 54.5 Å². The van der Waals surface area contributed by atoms with Gasteiger partial charge in [-0.25, -0.2) is 0 Å². The third-order valence-electron chi connectivity index (χ3n) is 7.56. The first-order chi connectivity index (χ1) is 13.7. The van der Waals surface area contributed by atoms with Crippen molar-refractivity contribution in [1.29, 1.82) is 0 Å². The predicted molar refractivity (Wildman–Crippen MR) is 136 cm³/mol. The average Bonchev–Trinajstić information content (AvgIpc) is 3.17. The van der Waals surface area contributed by atoms with E-state index >= 15 is 0 Å². The van der Waals surface area contributed by atoms with Crippen molar-refractivity contribution in [3.8, 4) is 0 Å². The summed E-state index contributed by atoms with van der Waals surface area (Å²) >= 11 is 0. The maximum Gasteiger partial charge on any atom is 0.00116 e. The molecule has 3 saturated heterocycles. The van der Waals surface area contributed by atoms with Gasteiger partial charge in [0, 0.05) is 48.7 Å². The Morgan fingerprint density at radius 3 is 1.31 bits per heavy atom. The van der Waals surface area contributed by atoms with Gasteiger partial charge in [-0.2, -0.15) is 0 Å². The van der Waals surface area contributed by atoms with E-state index < -0.39 is 0 Å². The molecule has 0 saturated carbocycles. The first kappa shape index (κ1) is 35.4. The molecule has 0 radical (unpaired) electrons. The van der Waals surface area contributed by atoms with Crippen LogP contribution in [0.1, 0.15) is 94.4 Å². The molecule has 2 atom stereocenters. The number of hydrogen-bond acceptors (Lipinski definition) is 1. The molecule has 0 aliphatic carbocycles. The first-order valence-corrected chi connectivity index (χ1v) is 12.7. The molecular weight excluding hydrogens is 734 g/mol. The van der Waals surface area contributed by atoms with Crippen molar-refractivity contribution < 1.29 is 42.1 Å². The number of likely N-dealkylation sites (tertiary alicyclic amines) is 1. The summed E-state index contributed by atoms with van der Waals surface area (Å²) in [5.41, 5.74) is 1.50. The Morgan fingerprint density at radius 1 is 0.594 bits per heavy atom. The SMILES string of the molecule is CC(C)(C)C1CC[N-]C1.CC(C)(C)C1CC[N-]CC1.CN1CCCC(C(C)(C)C)C1.[W].[W]. The van der Waals surface area contributed by atoms with Crippen LogP contribution in [0, 0.1) is 34.0 Å². The molecule has 0 N–H and O–H groups in total. The largest absolute Gasteiger partial charge is 0.662 e. The molecule has 0 aromatic rings. The molecule has 5 heteroatoms. The van der Waals surface area contributed by atoms with Crippen LogP contribution < -0.4 is 0 Å². The van der Waals surface area contributed by atoms with Crippen LogP contribution in [0.5, 0.6) is 0 Å². The zero-order valence-electron chi connectivity index (χ0n) is 23.2. The molecule has 3 heterocycles. The zero-order chi connectivity index (χ0) is 23.0. The molecule has 3 aliphatic heterocycles. The van der Waals surface area contributed by atoms with Crippen molar-refractivity contribution >= 4 is 0 Å². The Bertz CT molecular complexity index is 451. The van der Waals surface area contributed by atoms with E-state index in [1.807, 2.05) is 0 Å². The summed E-state index contributed by atoms with van der Waals surface area (Å²) in [4.78, 5) is 2.46. The standard InChI is InChI=1S/C10H21N.C9H18N.C8H16N.2W/c1-10(2,3)9-6-5-7-11(4)8-9;1-9(2,3)8-4-6-10-7-5-8;1-8(2,3)7-4-5-9-6-7;;/h9H,5-8H2,1-4H3;8H,4-7H2,1-3H3;7H,4-6H2,1-3H3;;/q;2*-1;;. The Morgan fingerprint density at radius 2 is 1.03 bits per heavy atom. The van der Waals surface area contributed by atoms with Crippen LogP contribution in [0.2, 0.25) is 0 Å². The van der Waals surface area contributed by atoms with E-state index in [9.17, 15) is 0 Å². The van der Waals surface area contributed by atoms with Gasteiger partial charge in [0.2, 0.25) is 0 Å². The number of piperidine rings is 2. The van der Waals surface area contributed by atoms with Crippen LogP contribution in [0.4, 0.5) is 0 Å². The van der Waals surface area contributed by atoms with E-state index in [0.717, 1.165) is 43.9 Å². The van der Waals surface area contributed by atoms with Crippen molar-refractivity contribution in [2.24, 2.45) is 34.0 Å². The number of rotatable bonds is 0. The van der Waals surface area contributed by atoms with Crippen molar-refractivity contribution in [2.45, 2.75) is 94.4 Å². The molecule has 0 bridgehead atoms. The molecule has 3 fully saturated rings. The predicted octanol–water partition coefficient (Wildman–Crippen LogP) is 7.61. The van der Waals surface area contributed by atoms with E-state index in [1.54, 1.807) is 0 Å². The maximum absolute atomic E-state index is 4.34. The van der Waals surface area contributed by atoms with Crippen molar-refractivity contribution in [3.63, 3.8) is 0 Å². The summed E-state index contributed by atoms with van der Waals surface area (Å²) in [6, 6.07) is 0. The maximum atomic E-state index is 4.34. The van der Waals surface area contributed by atoms with Crippen molar-refractivity contribution in [3.05, 3.63) is 10.6 Å². The topological polar surface area (TPSA) is 31.4 Å². The van der Waals surface area contributed by atoms with Gasteiger partial charge in [0.15, 0.2) is 0 Å². The van der Waals surface area contributed by atoms with Gasteiger partial charge >= 0.3 is 0 Å². The quantitative estimate of drug-likeness (QED) is 0.249. The minimum Gasteiger partial charge on any atom is -0.662 e. The van der Waals surface area contributed by atoms with Gasteiger partial charge in [-0.15, -0.1) is 26.2 Å². The van der Waals surface area contributed by atoms with Gasteiger partial charge in [-0.3, -0.25) is 0 Å². The second-order valence-electron chi connectivity index (χ2n) is 13.3. The monoisotopic (exact) mass is 789 g/mol. The van der Waals surface area contributed by atoms with Gasteiger partial charge in [0.25, 0.3) is 0 Å². The van der Waals surface area contributed by atoms with Crippen LogP contribution in [-0.2, 0) is 42.1 Å². The summed E-state index contributed by atoms with van der Waals surface area (Å²) in [6.07, 6.45) is 6.74. The smallest absolute Gasteiger partial charge is 0.00116 e. The Hall–Kier alpha value is 1.26. The first-order valence-electron chi connectivity index (χ1n) is 12.7.